The first-order chi connectivity index (χ1) is 11.4. The molecule has 1 unspecified atom stereocenters. The Bertz CT molecular complexity index is 636. The van der Waals surface area contributed by atoms with Gasteiger partial charge in [0.15, 0.2) is 5.78 Å². The van der Waals surface area contributed by atoms with Crippen molar-refractivity contribution in [1.29, 1.82) is 0 Å². The van der Waals surface area contributed by atoms with Gasteiger partial charge in [0.1, 0.15) is 6.04 Å². The summed E-state index contributed by atoms with van der Waals surface area (Å²) in [5.74, 6) is -1.55. The van der Waals surface area contributed by atoms with Gasteiger partial charge in [-0.1, -0.05) is 6.08 Å². The molecule has 5 N–H and O–H groups in total. The zero-order chi connectivity index (χ0) is 17.7. The molecule has 8 nitrogen and oxygen atoms in total. The number of ketones is 1. The van der Waals surface area contributed by atoms with Crippen LogP contribution in [-0.4, -0.2) is 42.6 Å². The van der Waals surface area contributed by atoms with Crippen molar-refractivity contribution in [3.63, 3.8) is 0 Å². The molecule has 130 valence electrons. The second-order valence-electron chi connectivity index (χ2n) is 5.76. The molecule has 1 fully saturated rings. The van der Waals surface area contributed by atoms with Crippen LogP contribution in [0.25, 0.3) is 0 Å². The third-order valence-electron chi connectivity index (χ3n) is 3.97. The average Bonchev–Trinajstić information content (AvgIpc) is 2.54. The number of carbonyl (C=O) groups excluding carboxylic acids is 4. The van der Waals surface area contributed by atoms with Crippen LogP contribution < -0.4 is 21.7 Å². The van der Waals surface area contributed by atoms with Crippen molar-refractivity contribution in [3.05, 3.63) is 22.9 Å². The first-order valence-corrected chi connectivity index (χ1v) is 7.97. The van der Waals surface area contributed by atoms with E-state index in [1.54, 1.807) is 0 Å². The third kappa shape index (κ3) is 4.08. The van der Waals surface area contributed by atoms with Crippen molar-refractivity contribution in [3.8, 4) is 0 Å². The van der Waals surface area contributed by atoms with Gasteiger partial charge in [-0.3, -0.25) is 24.5 Å². The highest BCUT2D eigenvalue weighted by Crippen LogP contribution is 2.25. The van der Waals surface area contributed by atoms with E-state index in [1.165, 1.54) is 6.92 Å². The van der Waals surface area contributed by atoms with E-state index in [9.17, 15) is 19.2 Å². The lowest BCUT2D eigenvalue weighted by molar-refractivity contribution is -0.136. The smallest absolute Gasteiger partial charge is 0.254 e. The van der Waals surface area contributed by atoms with Gasteiger partial charge in [0.05, 0.1) is 5.57 Å². The molecule has 0 bridgehead atoms. The Balaban J connectivity index is 2.21. The van der Waals surface area contributed by atoms with E-state index in [-0.39, 0.29) is 30.1 Å². The van der Waals surface area contributed by atoms with Crippen molar-refractivity contribution in [2.45, 2.75) is 38.6 Å². The molecular weight excluding hydrogens is 312 g/mol. The van der Waals surface area contributed by atoms with E-state index in [2.05, 4.69) is 16.0 Å². The molecule has 1 saturated heterocycles. The van der Waals surface area contributed by atoms with Crippen LogP contribution in [0.5, 0.6) is 0 Å². The molecule has 2 rings (SSSR count). The molecule has 0 radical (unpaired) electrons. The molecular formula is C16H22N4O4. The van der Waals surface area contributed by atoms with E-state index in [1.807, 2.05) is 6.08 Å². The zero-order valence-electron chi connectivity index (χ0n) is 13.6. The fourth-order valence-corrected chi connectivity index (χ4v) is 2.79. The Labute approximate surface area is 139 Å². The summed E-state index contributed by atoms with van der Waals surface area (Å²) in [6.45, 7) is 2.27. The van der Waals surface area contributed by atoms with Crippen LogP contribution in [0.1, 0.15) is 32.6 Å². The van der Waals surface area contributed by atoms with Crippen LogP contribution >= 0.6 is 0 Å². The van der Waals surface area contributed by atoms with Crippen LogP contribution in [0, 0.1) is 0 Å². The molecule has 0 aromatic heterocycles. The van der Waals surface area contributed by atoms with Gasteiger partial charge in [-0.05, 0) is 26.2 Å². The topological polar surface area (TPSA) is 130 Å². The highest BCUT2D eigenvalue weighted by atomic mass is 16.2. The fraction of sp³-hybridized carbons (Fsp3) is 0.500. The van der Waals surface area contributed by atoms with E-state index in [4.69, 9.17) is 5.73 Å². The van der Waals surface area contributed by atoms with Gasteiger partial charge in [0.25, 0.3) is 5.91 Å². The minimum atomic E-state index is -0.784. The Kier molecular flexibility index (Phi) is 5.86. The number of hydrogen-bond acceptors (Lipinski definition) is 6. The predicted molar refractivity (Wildman–Crippen MR) is 86.4 cm³/mol. The zero-order valence-corrected chi connectivity index (χ0v) is 13.6. The maximum atomic E-state index is 12.7. The first kappa shape index (κ1) is 17.9. The van der Waals surface area contributed by atoms with Crippen LogP contribution in [-0.2, 0) is 19.2 Å². The Hall–Kier alpha value is -2.48. The molecule has 1 atom stereocenters. The number of piperidine rings is 1. The second kappa shape index (κ2) is 7.87. The number of carbonyl (C=O) groups is 4. The third-order valence-corrected chi connectivity index (χ3v) is 3.97. The molecule has 1 heterocycles. The number of Topliss-reactive ketones (excluding diaryl/α,β-unsaturated/α-hetero) is 1. The maximum absolute atomic E-state index is 12.7. The van der Waals surface area contributed by atoms with Crippen LogP contribution in [0.15, 0.2) is 22.9 Å². The molecule has 24 heavy (non-hydrogen) atoms. The molecule has 3 amide bonds. The molecule has 0 aromatic rings. The van der Waals surface area contributed by atoms with Gasteiger partial charge in [0, 0.05) is 30.8 Å². The molecule has 1 aliphatic carbocycles. The molecule has 0 spiro atoms. The standard InChI is InChI=1S/C16H22N4O4/c1-9(21)10-3-2-4-11(18-8-7-17)14(10)16(24)19-12-5-6-13(22)20-15(12)23/h4,12,18H,2-3,5-8,17H2,1H3,(H,19,24)(H,20,22,23). The van der Waals surface area contributed by atoms with E-state index in [0.29, 0.717) is 37.2 Å². The lowest BCUT2D eigenvalue weighted by Crippen LogP contribution is -2.53. The number of rotatable bonds is 6. The van der Waals surface area contributed by atoms with Gasteiger partial charge < -0.3 is 16.4 Å². The number of nitrogens with one attached hydrogen (secondary N) is 3. The average molecular weight is 334 g/mol. The van der Waals surface area contributed by atoms with Gasteiger partial charge in [-0.2, -0.15) is 0 Å². The van der Waals surface area contributed by atoms with E-state index >= 15 is 0 Å². The summed E-state index contributed by atoms with van der Waals surface area (Å²) in [6, 6.07) is -0.784. The lowest BCUT2D eigenvalue weighted by Gasteiger charge is -2.25. The normalized spacial score (nSPS) is 21.1. The van der Waals surface area contributed by atoms with Crippen molar-refractivity contribution >= 4 is 23.5 Å². The number of hydrogen-bond donors (Lipinski definition) is 4. The molecule has 8 heteroatoms. The summed E-state index contributed by atoms with van der Waals surface area (Å²) in [5.41, 5.74) is 6.73. The number of amides is 3. The van der Waals surface area contributed by atoms with Gasteiger partial charge in [0.2, 0.25) is 11.8 Å². The molecule has 0 aromatic carbocycles. The largest absolute Gasteiger partial charge is 0.383 e. The van der Waals surface area contributed by atoms with Crippen LogP contribution in [0.3, 0.4) is 0 Å². The quantitative estimate of drug-likeness (QED) is 0.462. The van der Waals surface area contributed by atoms with Crippen molar-refractivity contribution in [2.75, 3.05) is 13.1 Å². The van der Waals surface area contributed by atoms with Crippen LogP contribution in [0.4, 0.5) is 0 Å². The number of allylic oxidation sites excluding steroid dienone is 2. The summed E-state index contributed by atoms with van der Waals surface area (Å²) in [7, 11) is 0. The SMILES string of the molecule is CC(=O)C1=C(C(=O)NC2CCC(=O)NC2=O)C(NCCN)=CCC1. The summed E-state index contributed by atoms with van der Waals surface area (Å²) < 4.78 is 0. The van der Waals surface area contributed by atoms with Gasteiger partial charge >= 0.3 is 0 Å². The van der Waals surface area contributed by atoms with Gasteiger partial charge in [-0.25, -0.2) is 0 Å². The summed E-state index contributed by atoms with van der Waals surface area (Å²) in [4.78, 5) is 47.6. The lowest BCUT2D eigenvalue weighted by atomic mass is 9.91. The highest BCUT2D eigenvalue weighted by molar-refractivity contribution is 6.09. The minimum absolute atomic E-state index is 0.170. The number of nitrogens with two attached hydrogens (primary N) is 1. The highest BCUT2D eigenvalue weighted by Gasteiger charge is 2.31. The second-order valence-corrected chi connectivity index (χ2v) is 5.76. The Morgan fingerprint density at radius 1 is 1.33 bits per heavy atom. The van der Waals surface area contributed by atoms with Crippen molar-refractivity contribution < 1.29 is 19.2 Å². The molecule has 2 aliphatic rings. The van der Waals surface area contributed by atoms with Crippen molar-refractivity contribution in [1.82, 2.24) is 16.0 Å². The first-order valence-electron chi connectivity index (χ1n) is 7.97. The molecule has 0 saturated carbocycles. The summed E-state index contributed by atoms with van der Waals surface area (Å²) in [6.07, 6.45) is 3.39. The monoisotopic (exact) mass is 334 g/mol. The Morgan fingerprint density at radius 3 is 2.71 bits per heavy atom. The predicted octanol–water partition coefficient (Wildman–Crippen LogP) is -0.981. The van der Waals surface area contributed by atoms with Crippen LogP contribution in [0.2, 0.25) is 0 Å². The number of imide groups is 1. The summed E-state index contributed by atoms with van der Waals surface area (Å²) in [5, 5.41) is 7.87. The fourth-order valence-electron chi connectivity index (χ4n) is 2.79. The van der Waals surface area contributed by atoms with E-state index < -0.39 is 17.9 Å². The minimum Gasteiger partial charge on any atom is -0.383 e. The van der Waals surface area contributed by atoms with E-state index in [0.717, 1.165) is 0 Å². The summed E-state index contributed by atoms with van der Waals surface area (Å²) >= 11 is 0. The van der Waals surface area contributed by atoms with Gasteiger partial charge in [-0.15, -0.1) is 0 Å². The Morgan fingerprint density at radius 2 is 2.08 bits per heavy atom. The maximum Gasteiger partial charge on any atom is 0.254 e. The van der Waals surface area contributed by atoms with Crippen molar-refractivity contribution in [2.24, 2.45) is 5.73 Å². The molecule has 1 aliphatic heterocycles.